The smallest absolute Gasteiger partial charge is 0.331 e. The molecule has 0 heterocycles. The second kappa shape index (κ2) is 9.85. The van der Waals surface area contributed by atoms with Gasteiger partial charge in [-0.3, -0.25) is 4.79 Å². The number of benzene rings is 2. The number of amides is 1. The van der Waals surface area contributed by atoms with Crippen LogP contribution in [0.4, 0.5) is 5.69 Å². The van der Waals surface area contributed by atoms with E-state index in [0.29, 0.717) is 11.3 Å². The molecule has 0 bridgehead atoms. The number of aryl methyl sites for hydroxylation is 1. The quantitative estimate of drug-likeness (QED) is 0.502. The number of sulfonamides is 1. The van der Waals surface area contributed by atoms with E-state index in [2.05, 4.69) is 10.0 Å². The van der Waals surface area contributed by atoms with E-state index < -0.39 is 28.5 Å². The van der Waals surface area contributed by atoms with Gasteiger partial charge in [-0.1, -0.05) is 24.3 Å². The monoisotopic (exact) mass is 418 g/mol. The molecule has 9 heteroatoms. The Hall–Kier alpha value is -3.17. The first-order chi connectivity index (χ1) is 13.8. The van der Waals surface area contributed by atoms with E-state index in [-0.39, 0.29) is 10.6 Å². The highest BCUT2D eigenvalue weighted by Gasteiger charge is 2.17. The molecule has 154 valence electrons. The van der Waals surface area contributed by atoms with Crippen molar-refractivity contribution in [3.63, 3.8) is 0 Å². The van der Waals surface area contributed by atoms with Gasteiger partial charge in [0.15, 0.2) is 6.61 Å². The number of hydrogen-bond acceptors (Lipinski definition) is 6. The molecule has 2 N–H and O–H groups in total. The summed E-state index contributed by atoms with van der Waals surface area (Å²) >= 11 is 0. The molecule has 1 amide bonds. The van der Waals surface area contributed by atoms with Crippen LogP contribution in [0.1, 0.15) is 11.1 Å². The lowest BCUT2D eigenvalue weighted by Crippen LogP contribution is -2.20. The summed E-state index contributed by atoms with van der Waals surface area (Å²) in [5.74, 6) is -1.03. The maximum Gasteiger partial charge on any atom is 0.331 e. The Balaban J connectivity index is 1.99. The number of carbonyl (C=O) groups is 2. The second-order valence-electron chi connectivity index (χ2n) is 5.92. The molecule has 0 aliphatic carbocycles. The highest BCUT2D eigenvalue weighted by Crippen LogP contribution is 2.25. The first-order valence-electron chi connectivity index (χ1n) is 8.58. The maximum absolute atomic E-state index is 12.1. The molecule has 2 aromatic carbocycles. The van der Waals surface area contributed by atoms with E-state index in [4.69, 9.17) is 9.47 Å². The van der Waals surface area contributed by atoms with Crippen molar-refractivity contribution in [3.05, 3.63) is 59.7 Å². The summed E-state index contributed by atoms with van der Waals surface area (Å²) in [4.78, 5) is 23.7. The number of rotatable bonds is 8. The fourth-order valence-electron chi connectivity index (χ4n) is 2.37. The van der Waals surface area contributed by atoms with Crippen LogP contribution >= 0.6 is 0 Å². The Morgan fingerprint density at radius 2 is 1.86 bits per heavy atom. The molecular formula is C20H22N2O6S. The minimum absolute atomic E-state index is 0.0596. The highest BCUT2D eigenvalue weighted by atomic mass is 32.2. The highest BCUT2D eigenvalue weighted by molar-refractivity contribution is 7.89. The molecule has 2 rings (SSSR count). The number of hydrogen-bond donors (Lipinski definition) is 2. The molecule has 0 aliphatic rings. The van der Waals surface area contributed by atoms with Crippen molar-refractivity contribution in [2.75, 3.05) is 26.1 Å². The number of methoxy groups -OCH3 is 1. The summed E-state index contributed by atoms with van der Waals surface area (Å²) in [6.45, 7) is 1.40. The Bertz CT molecular complexity index is 1030. The van der Waals surface area contributed by atoms with Gasteiger partial charge in [0, 0.05) is 11.8 Å². The average molecular weight is 418 g/mol. The number of anilines is 1. The molecule has 0 radical (unpaired) electrons. The first kappa shape index (κ1) is 22.1. The molecule has 0 saturated carbocycles. The summed E-state index contributed by atoms with van der Waals surface area (Å²) in [7, 11) is -1.09. The summed E-state index contributed by atoms with van der Waals surface area (Å²) in [6, 6.07) is 11.7. The van der Waals surface area contributed by atoms with Gasteiger partial charge in [-0.15, -0.1) is 0 Å². The molecule has 0 aliphatic heterocycles. The molecule has 0 spiro atoms. The zero-order valence-electron chi connectivity index (χ0n) is 16.3. The van der Waals surface area contributed by atoms with Crippen molar-refractivity contribution in [3.8, 4) is 5.75 Å². The van der Waals surface area contributed by atoms with Crippen LogP contribution in [0.5, 0.6) is 5.75 Å². The van der Waals surface area contributed by atoms with Crippen LogP contribution in [0.3, 0.4) is 0 Å². The normalized spacial score (nSPS) is 11.3. The molecule has 8 nitrogen and oxygen atoms in total. The summed E-state index contributed by atoms with van der Waals surface area (Å²) < 4.78 is 36.3. The molecular weight excluding hydrogens is 396 g/mol. The minimum atomic E-state index is -3.73. The number of esters is 1. The number of para-hydroxylation sites is 1. The predicted octanol–water partition coefficient (Wildman–Crippen LogP) is 2.11. The van der Waals surface area contributed by atoms with Gasteiger partial charge in [-0.05, 0) is 49.4 Å². The van der Waals surface area contributed by atoms with E-state index in [1.54, 1.807) is 18.2 Å². The molecule has 0 aromatic heterocycles. The van der Waals surface area contributed by atoms with E-state index in [9.17, 15) is 18.0 Å². The molecule has 0 saturated heterocycles. The van der Waals surface area contributed by atoms with Crippen LogP contribution in [0.2, 0.25) is 0 Å². The third kappa shape index (κ3) is 6.16. The van der Waals surface area contributed by atoms with Gasteiger partial charge >= 0.3 is 5.97 Å². The van der Waals surface area contributed by atoms with Crippen molar-refractivity contribution in [1.29, 1.82) is 0 Å². The Labute approximate surface area is 169 Å². The van der Waals surface area contributed by atoms with E-state index in [0.717, 1.165) is 11.6 Å². The largest absolute Gasteiger partial charge is 0.495 e. The lowest BCUT2D eigenvalue weighted by atomic mass is 10.2. The number of nitrogens with one attached hydrogen (secondary N) is 2. The van der Waals surface area contributed by atoms with Crippen LogP contribution in [0.25, 0.3) is 6.08 Å². The third-order valence-corrected chi connectivity index (χ3v) is 5.36. The summed E-state index contributed by atoms with van der Waals surface area (Å²) in [6.07, 6.45) is 2.49. The maximum atomic E-state index is 12.1. The molecule has 2 aromatic rings. The summed E-state index contributed by atoms with van der Waals surface area (Å²) in [5, 5.41) is 2.65. The minimum Gasteiger partial charge on any atom is -0.495 e. The van der Waals surface area contributed by atoms with Crippen molar-refractivity contribution in [2.24, 2.45) is 0 Å². The van der Waals surface area contributed by atoms with Gasteiger partial charge in [-0.25, -0.2) is 17.9 Å². The van der Waals surface area contributed by atoms with Gasteiger partial charge in [0.25, 0.3) is 5.91 Å². The van der Waals surface area contributed by atoms with E-state index >= 15 is 0 Å². The van der Waals surface area contributed by atoms with Crippen molar-refractivity contribution in [1.82, 2.24) is 4.72 Å². The fraction of sp³-hybridized carbons (Fsp3) is 0.200. The summed E-state index contributed by atoms with van der Waals surface area (Å²) in [5.41, 5.74) is 1.97. The lowest BCUT2D eigenvalue weighted by Gasteiger charge is -2.09. The first-order valence-corrected chi connectivity index (χ1v) is 10.1. The second-order valence-corrected chi connectivity index (χ2v) is 7.78. The number of carbonyl (C=O) groups excluding carboxylic acids is 2. The van der Waals surface area contributed by atoms with Crippen LogP contribution in [-0.2, 0) is 24.3 Å². The zero-order valence-corrected chi connectivity index (χ0v) is 17.1. The van der Waals surface area contributed by atoms with Gasteiger partial charge in [-0.2, -0.15) is 0 Å². The van der Waals surface area contributed by atoms with Crippen molar-refractivity contribution >= 4 is 33.7 Å². The van der Waals surface area contributed by atoms with Gasteiger partial charge in [0.2, 0.25) is 10.0 Å². The Morgan fingerprint density at radius 3 is 2.52 bits per heavy atom. The standard InChI is InChI=1S/C20H22N2O6S/c1-14-6-4-5-7-16(14)22-19(23)13-28-20(24)11-9-15-8-10-17(27-3)18(12-15)29(25,26)21-2/h4-12,21H,13H2,1-3H3,(H,22,23)/b11-9+. The zero-order chi connectivity index (χ0) is 21.4. The number of ether oxygens (including phenoxy) is 2. The van der Waals surface area contributed by atoms with Crippen LogP contribution in [-0.4, -0.2) is 41.1 Å². The third-order valence-electron chi connectivity index (χ3n) is 3.92. The topological polar surface area (TPSA) is 111 Å². The van der Waals surface area contributed by atoms with E-state index in [1.807, 2.05) is 19.1 Å². The Kier molecular flexibility index (Phi) is 7.52. The average Bonchev–Trinajstić information content (AvgIpc) is 2.72. The van der Waals surface area contributed by atoms with Crippen LogP contribution < -0.4 is 14.8 Å². The van der Waals surface area contributed by atoms with Gasteiger partial charge in [0.05, 0.1) is 7.11 Å². The fourth-order valence-corrected chi connectivity index (χ4v) is 3.29. The SMILES string of the molecule is CNS(=O)(=O)c1cc(/C=C/C(=O)OCC(=O)Nc2ccccc2C)ccc1OC. The van der Waals surface area contributed by atoms with Crippen molar-refractivity contribution < 1.29 is 27.5 Å². The van der Waals surface area contributed by atoms with Crippen LogP contribution in [0, 0.1) is 6.92 Å². The lowest BCUT2D eigenvalue weighted by molar-refractivity contribution is -0.142. The van der Waals surface area contributed by atoms with E-state index in [1.165, 1.54) is 32.4 Å². The molecule has 0 atom stereocenters. The predicted molar refractivity (Wildman–Crippen MR) is 109 cm³/mol. The van der Waals surface area contributed by atoms with Crippen molar-refractivity contribution in [2.45, 2.75) is 11.8 Å². The van der Waals surface area contributed by atoms with Gasteiger partial charge < -0.3 is 14.8 Å². The van der Waals surface area contributed by atoms with Gasteiger partial charge in [0.1, 0.15) is 10.6 Å². The Morgan fingerprint density at radius 1 is 1.14 bits per heavy atom. The molecule has 0 fully saturated rings. The van der Waals surface area contributed by atoms with Crippen LogP contribution in [0.15, 0.2) is 53.4 Å². The molecule has 0 unspecified atom stereocenters. The molecule has 29 heavy (non-hydrogen) atoms.